The van der Waals surface area contributed by atoms with Crippen molar-refractivity contribution >= 4 is 0 Å². The van der Waals surface area contributed by atoms with Crippen molar-refractivity contribution in [3.8, 4) is 17.9 Å². The van der Waals surface area contributed by atoms with Crippen LogP contribution in [0.5, 0.6) is 0 Å². The molecule has 1 N–H and O–H groups in total. The summed E-state index contributed by atoms with van der Waals surface area (Å²) in [7, 11) is 0. The van der Waals surface area contributed by atoms with Gasteiger partial charge in [0, 0.05) is 12.0 Å². The lowest BCUT2D eigenvalue weighted by molar-refractivity contribution is -0.137. The maximum Gasteiger partial charge on any atom is 0.416 e. The maximum atomic E-state index is 12.4. The fourth-order valence-electron chi connectivity index (χ4n) is 1.14. The van der Waals surface area contributed by atoms with E-state index >= 15 is 0 Å². The Morgan fingerprint density at radius 3 is 2.47 bits per heavy atom. The predicted molar refractivity (Wildman–Crippen MR) is 54.7 cm³/mol. The van der Waals surface area contributed by atoms with Crippen LogP contribution in [0.2, 0.25) is 0 Å². The van der Waals surface area contributed by atoms with E-state index in [1.165, 1.54) is 0 Å². The summed E-state index contributed by atoms with van der Waals surface area (Å²) in [4.78, 5) is 0. The van der Waals surface area contributed by atoms with Gasteiger partial charge in [0.05, 0.1) is 17.7 Å². The highest BCUT2D eigenvalue weighted by Gasteiger charge is 2.30. The second-order valence-electron chi connectivity index (χ2n) is 3.15. The number of benzene rings is 1. The van der Waals surface area contributed by atoms with Gasteiger partial charge in [-0.1, -0.05) is 11.8 Å². The summed E-state index contributed by atoms with van der Waals surface area (Å²) in [5.74, 6) is 4.93. The monoisotopic (exact) mass is 239 g/mol. The Balaban J connectivity index is 3.19. The first-order chi connectivity index (χ1) is 7.99. The summed E-state index contributed by atoms with van der Waals surface area (Å²) in [6.45, 7) is -0.173. The Labute approximate surface area is 96.3 Å². The van der Waals surface area contributed by atoms with Crippen LogP contribution in [0.15, 0.2) is 18.2 Å². The lowest BCUT2D eigenvalue weighted by atomic mass is 10.0. The van der Waals surface area contributed by atoms with Gasteiger partial charge in [0.15, 0.2) is 0 Å². The molecule has 0 amide bonds. The van der Waals surface area contributed by atoms with Crippen LogP contribution in [-0.4, -0.2) is 11.7 Å². The predicted octanol–water partition coefficient (Wildman–Crippen LogP) is 2.31. The van der Waals surface area contributed by atoms with Gasteiger partial charge in [-0.3, -0.25) is 0 Å². The van der Waals surface area contributed by atoms with E-state index in [1.54, 1.807) is 6.07 Å². The van der Waals surface area contributed by atoms with Crippen LogP contribution in [-0.2, 0) is 6.18 Å². The summed E-state index contributed by atoms with van der Waals surface area (Å²) in [6, 6.07) is 4.54. The van der Waals surface area contributed by atoms with E-state index in [0.717, 1.165) is 18.2 Å². The topological polar surface area (TPSA) is 44.0 Å². The quantitative estimate of drug-likeness (QED) is 0.764. The maximum absolute atomic E-state index is 12.4. The fourth-order valence-corrected chi connectivity index (χ4v) is 1.14. The first-order valence-corrected chi connectivity index (χ1v) is 4.70. The molecule has 0 fully saturated rings. The van der Waals surface area contributed by atoms with Crippen LogP contribution in [0.4, 0.5) is 13.2 Å². The summed E-state index contributed by atoms with van der Waals surface area (Å²) < 4.78 is 37.3. The van der Waals surface area contributed by atoms with Gasteiger partial charge in [0.25, 0.3) is 0 Å². The van der Waals surface area contributed by atoms with Gasteiger partial charge >= 0.3 is 6.18 Å². The highest BCUT2D eigenvalue weighted by Crippen LogP contribution is 2.30. The number of aliphatic hydroxyl groups is 1. The van der Waals surface area contributed by atoms with E-state index in [0.29, 0.717) is 0 Å². The third kappa shape index (κ3) is 3.51. The highest BCUT2D eigenvalue weighted by atomic mass is 19.4. The van der Waals surface area contributed by atoms with Crippen LogP contribution in [0.1, 0.15) is 23.1 Å². The van der Waals surface area contributed by atoms with Crippen molar-refractivity contribution in [2.24, 2.45) is 0 Å². The third-order valence-corrected chi connectivity index (χ3v) is 1.93. The van der Waals surface area contributed by atoms with Gasteiger partial charge < -0.3 is 5.11 Å². The summed E-state index contributed by atoms with van der Waals surface area (Å²) in [6.07, 6.45) is -4.30. The van der Waals surface area contributed by atoms with E-state index in [9.17, 15) is 13.2 Å². The van der Waals surface area contributed by atoms with Gasteiger partial charge in [0.1, 0.15) is 6.07 Å². The number of alkyl halides is 3. The average molecular weight is 239 g/mol. The van der Waals surface area contributed by atoms with E-state index in [4.69, 9.17) is 10.4 Å². The van der Waals surface area contributed by atoms with Crippen molar-refractivity contribution in [2.75, 3.05) is 6.61 Å². The van der Waals surface area contributed by atoms with Gasteiger partial charge in [-0.15, -0.1) is 0 Å². The standard InChI is InChI=1S/C12H8F3NO/c13-12(14,15)11-5-4-10(8-16)9(7-11)3-1-2-6-17/h4-5,7,17H,2,6H2. The number of nitriles is 1. The minimum Gasteiger partial charge on any atom is -0.395 e. The summed E-state index contributed by atoms with van der Waals surface area (Å²) >= 11 is 0. The third-order valence-electron chi connectivity index (χ3n) is 1.93. The molecule has 0 aliphatic carbocycles. The Morgan fingerprint density at radius 2 is 1.94 bits per heavy atom. The molecule has 1 aromatic rings. The number of halogens is 3. The first-order valence-electron chi connectivity index (χ1n) is 4.70. The van der Waals surface area contributed by atoms with Crippen LogP contribution in [0, 0.1) is 23.2 Å². The molecule has 5 heteroatoms. The molecule has 0 heterocycles. The van der Waals surface area contributed by atoms with Gasteiger partial charge in [0.2, 0.25) is 0 Å². The number of aliphatic hydroxyl groups excluding tert-OH is 1. The second-order valence-corrected chi connectivity index (χ2v) is 3.15. The van der Waals surface area contributed by atoms with Crippen LogP contribution >= 0.6 is 0 Å². The largest absolute Gasteiger partial charge is 0.416 e. The molecule has 0 aliphatic heterocycles. The van der Waals surface area contributed by atoms with Crippen molar-refractivity contribution in [3.63, 3.8) is 0 Å². The second kappa shape index (κ2) is 5.38. The number of nitrogens with zero attached hydrogens (tertiary/aromatic N) is 1. The normalized spacial score (nSPS) is 10.3. The van der Waals surface area contributed by atoms with E-state index in [1.807, 2.05) is 0 Å². The zero-order chi connectivity index (χ0) is 12.9. The summed E-state index contributed by atoms with van der Waals surface area (Å²) in [5.41, 5.74) is -0.732. The molecule has 0 atom stereocenters. The molecule has 0 aliphatic rings. The molecule has 88 valence electrons. The zero-order valence-electron chi connectivity index (χ0n) is 8.67. The SMILES string of the molecule is N#Cc1ccc(C(F)(F)F)cc1C#CCCO. The van der Waals surface area contributed by atoms with Gasteiger partial charge in [-0.05, 0) is 18.2 Å². The molecular formula is C12H8F3NO. The Hall–Kier alpha value is -1.98. The van der Waals surface area contributed by atoms with E-state index < -0.39 is 11.7 Å². The molecule has 0 aromatic heterocycles. The Kier molecular flexibility index (Phi) is 4.14. The average Bonchev–Trinajstić information content (AvgIpc) is 2.28. The first kappa shape index (κ1) is 13.1. The number of hydrogen-bond acceptors (Lipinski definition) is 2. The molecule has 1 aromatic carbocycles. The van der Waals surface area contributed by atoms with Crippen molar-refractivity contribution in [2.45, 2.75) is 12.6 Å². The molecule has 0 radical (unpaired) electrons. The van der Waals surface area contributed by atoms with E-state index in [2.05, 4.69) is 11.8 Å². The zero-order valence-corrected chi connectivity index (χ0v) is 8.67. The molecule has 0 unspecified atom stereocenters. The van der Waals surface area contributed by atoms with Crippen molar-refractivity contribution in [1.29, 1.82) is 5.26 Å². The van der Waals surface area contributed by atoms with Crippen LogP contribution in [0.3, 0.4) is 0 Å². The molecule has 1 rings (SSSR count). The summed E-state index contributed by atoms with van der Waals surface area (Å²) in [5, 5.41) is 17.2. The molecule has 0 bridgehead atoms. The van der Waals surface area contributed by atoms with Gasteiger partial charge in [-0.2, -0.15) is 18.4 Å². The Morgan fingerprint density at radius 1 is 1.24 bits per heavy atom. The fraction of sp³-hybridized carbons (Fsp3) is 0.250. The van der Waals surface area contributed by atoms with Crippen molar-refractivity contribution in [3.05, 3.63) is 34.9 Å². The molecule has 0 spiro atoms. The molecule has 17 heavy (non-hydrogen) atoms. The van der Waals surface area contributed by atoms with Gasteiger partial charge in [-0.25, -0.2) is 0 Å². The highest BCUT2D eigenvalue weighted by molar-refractivity contribution is 5.50. The van der Waals surface area contributed by atoms with Crippen molar-refractivity contribution in [1.82, 2.24) is 0 Å². The minimum absolute atomic E-state index is 0.0239. The molecule has 2 nitrogen and oxygen atoms in total. The molecule has 0 saturated carbocycles. The Bertz CT molecular complexity index is 503. The smallest absolute Gasteiger partial charge is 0.395 e. The minimum atomic E-state index is -4.46. The number of hydrogen-bond donors (Lipinski definition) is 1. The lowest BCUT2D eigenvalue weighted by Crippen LogP contribution is -2.05. The lowest BCUT2D eigenvalue weighted by Gasteiger charge is -2.07. The van der Waals surface area contributed by atoms with E-state index in [-0.39, 0.29) is 24.2 Å². The number of rotatable bonds is 1. The van der Waals surface area contributed by atoms with Crippen molar-refractivity contribution < 1.29 is 18.3 Å². The van der Waals surface area contributed by atoms with Crippen LogP contribution < -0.4 is 0 Å². The van der Waals surface area contributed by atoms with Crippen LogP contribution in [0.25, 0.3) is 0 Å². The molecule has 0 saturated heterocycles. The molecular weight excluding hydrogens is 231 g/mol.